The summed E-state index contributed by atoms with van der Waals surface area (Å²) in [4.78, 5) is 24.4. The highest BCUT2D eigenvalue weighted by molar-refractivity contribution is 6.34. The monoisotopic (exact) mass is 320 g/mol. The first kappa shape index (κ1) is 16.0. The van der Waals surface area contributed by atoms with Gasteiger partial charge >= 0.3 is 0 Å². The van der Waals surface area contributed by atoms with Crippen molar-refractivity contribution in [2.75, 3.05) is 11.9 Å². The molecule has 0 atom stereocenters. The van der Waals surface area contributed by atoms with Crippen molar-refractivity contribution in [1.82, 2.24) is 15.1 Å². The lowest BCUT2D eigenvalue weighted by Crippen LogP contribution is -2.27. The number of carbonyl (C=O) groups excluding carboxylic acids is 2. The number of aromatic nitrogens is 2. The number of nitrogens with zero attached hydrogens (tertiary/aromatic N) is 2. The third-order valence-electron chi connectivity index (χ3n) is 3.06. The fourth-order valence-electron chi connectivity index (χ4n) is 1.96. The van der Waals surface area contributed by atoms with Gasteiger partial charge in [0, 0.05) is 13.6 Å². The first-order valence-corrected chi connectivity index (χ1v) is 7.28. The second-order valence-electron chi connectivity index (χ2n) is 4.72. The quantitative estimate of drug-likeness (QED) is 0.888. The number of amides is 2. The van der Waals surface area contributed by atoms with Gasteiger partial charge in [0.25, 0.3) is 11.8 Å². The Bertz CT molecular complexity index is 697. The highest BCUT2D eigenvalue weighted by atomic mass is 35.5. The Morgan fingerprint density at radius 2 is 2.00 bits per heavy atom. The molecule has 1 heterocycles. The highest BCUT2D eigenvalue weighted by Gasteiger charge is 2.19. The van der Waals surface area contributed by atoms with E-state index < -0.39 is 0 Å². The van der Waals surface area contributed by atoms with E-state index in [0.717, 1.165) is 6.42 Å². The molecule has 0 bridgehead atoms. The van der Waals surface area contributed by atoms with E-state index in [-0.39, 0.29) is 11.8 Å². The summed E-state index contributed by atoms with van der Waals surface area (Å²) in [6.45, 7) is 2.52. The summed E-state index contributed by atoms with van der Waals surface area (Å²) in [7, 11) is 1.64. The number of rotatable bonds is 5. The lowest BCUT2D eigenvalue weighted by atomic mass is 10.2. The SMILES string of the molecule is CCCNC(=O)c1c(NC(=O)c2ccccc2Cl)cnn1C. The Hall–Kier alpha value is -2.34. The van der Waals surface area contributed by atoms with Crippen LogP contribution in [-0.4, -0.2) is 28.1 Å². The van der Waals surface area contributed by atoms with E-state index in [0.29, 0.717) is 28.5 Å². The molecule has 7 heteroatoms. The van der Waals surface area contributed by atoms with Crippen molar-refractivity contribution in [3.8, 4) is 0 Å². The Morgan fingerprint density at radius 3 is 2.68 bits per heavy atom. The van der Waals surface area contributed by atoms with Crippen LogP contribution < -0.4 is 10.6 Å². The van der Waals surface area contributed by atoms with Crippen molar-refractivity contribution in [3.05, 3.63) is 46.7 Å². The minimum Gasteiger partial charge on any atom is -0.351 e. The number of hydrogen-bond donors (Lipinski definition) is 2. The molecular weight excluding hydrogens is 304 g/mol. The van der Waals surface area contributed by atoms with Crippen LogP contribution in [0.1, 0.15) is 34.2 Å². The minimum absolute atomic E-state index is 0.281. The van der Waals surface area contributed by atoms with Crippen LogP contribution in [0.25, 0.3) is 0 Å². The third-order valence-corrected chi connectivity index (χ3v) is 3.39. The van der Waals surface area contributed by atoms with Gasteiger partial charge < -0.3 is 10.6 Å². The predicted molar refractivity (Wildman–Crippen MR) is 85.2 cm³/mol. The molecule has 0 fully saturated rings. The van der Waals surface area contributed by atoms with Gasteiger partial charge in [-0.2, -0.15) is 5.10 Å². The maximum absolute atomic E-state index is 12.3. The van der Waals surface area contributed by atoms with Gasteiger partial charge in [0.15, 0.2) is 0 Å². The van der Waals surface area contributed by atoms with Crippen molar-refractivity contribution >= 4 is 29.1 Å². The van der Waals surface area contributed by atoms with Crippen LogP contribution in [0.15, 0.2) is 30.5 Å². The summed E-state index contributed by atoms with van der Waals surface area (Å²) >= 11 is 6.00. The first-order valence-electron chi connectivity index (χ1n) is 6.90. The van der Waals surface area contributed by atoms with Gasteiger partial charge in [-0.1, -0.05) is 30.7 Å². The average molecular weight is 321 g/mol. The second-order valence-corrected chi connectivity index (χ2v) is 5.13. The molecular formula is C15H17ClN4O2. The zero-order valence-corrected chi connectivity index (χ0v) is 13.1. The third kappa shape index (κ3) is 3.46. The number of hydrogen-bond acceptors (Lipinski definition) is 3. The van der Waals surface area contributed by atoms with Crippen molar-refractivity contribution in [2.45, 2.75) is 13.3 Å². The normalized spacial score (nSPS) is 10.3. The Kier molecular flexibility index (Phi) is 5.16. The van der Waals surface area contributed by atoms with E-state index in [1.807, 2.05) is 6.92 Å². The number of benzene rings is 1. The van der Waals surface area contributed by atoms with Gasteiger partial charge in [0.05, 0.1) is 22.5 Å². The zero-order valence-electron chi connectivity index (χ0n) is 12.4. The van der Waals surface area contributed by atoms with Crippen LogP contribution in [0.4, 0.5) is 5.69 Å². The van der Waals surface area contributed by atoms with Gasteiger partial charge in [-0.25, -0.2) is 0 Å². The van der Waals surface area contributed by atoms with E-state index in [4.69, 9.17) is 11.6 Å². The molecule has 0 aliphatic rings. The fraction of sp³-hybridized carbons (Fsp3) is 0.267. The van der Waals surface area contributed by atoms with Crippen molar-refractivity contribution in [3.63, 3.8) is 0 Å². The number of carbonyl (C=O) groups is 2. The van der Waals surface area contributed by atoms with Crippen molar-refractivity contribution < 1.29 is 9.59 Å². The molecule has 22 heavy (non-hydrogen) atoms. The molecule has 0 aliphatic carbocycles. The largest absolute Gasteiger partial charge is 0.351 e. The maximum Gasteiger partial charge on any atom is 0.271 e. The van der Waals surface area contributed by atoms with Gasteiger partial charge in [-0.3, -0.25) is 14.3 Å². The molecule has 2 N–H and O–H groups in total. The molecule has 1 aromatic heterocycles. The highest BCUT2D eigenvalue weighted by Crippen LogP contribution is 2.19. The predicted octanol–water partition coefficient (Wildman–Crippen LogP) is 2.47. The van der Waals surface area contributed by atoms with E-state index in [1.165, 1.54) is 10.9 Å². The standard InChI is InChI=1S/C15H17ClN4O2/c1-3-8-17-15(22)13-12(9-18-20(13)2)19-14(21)10-6-4-5-7-11(10)16/h4-7,9H,3,8H2,1-2H3,(H,17,22)(H,19,21). The van der Waals surface area contributed by atoms with Crippen LogP contribution in [0.3, 0.4) is 0 Å². The second kappa shape index (κ2) is 7.09. The maximum atomic E-state index is 12.3. The molecule has 0 spiro atoms. The summed E-state index contributed by atoms with van der Waals surface area (Å²) in [5.41, 5.74) is 0.989. The van der Waals surface area contributed by atoms with Gasteiger partial charge in [0.2, 0.25) is 0 Å². The van der Waals surface area contributed by atoms with Gasteiger partial charge in [0.1, 0.15) is 5.69 Å². The Balaban J connectivity index is 2.22. The summed E-state index contributed by atoms with van der Waals surface area (Å²) < 4.78 is 1.42. The van der Waals surface area contributed by atoms with Crippen molar-refractivity contribution in [2.24, 2.45) is 7.05 Å². The molecule has 0 saturated heterocycles. The fourth-order valence-corrected chi connectivity index (χ4v) is 2.18. The Morgan fingerprint density at radius 1 is 1.27 bits per heavy atom. The number of nitrogens with one attached hydrogen (secondary N) is 2. The van der Waals surface area contributed by atoms with Crippen LogP contribution in [0.2, 0.25) is 5.02 Å². The minimum atomic E-state index is -0.386. The molecule has 2 rings (SSSR count). The van der Waals surface area contributed by atoms with E-state index >= 15 is 0 Å². The number of anilines is 1. The first-order chi connectivity index (χ1) is 10.5. The number of aryl methyl sites for hydroxylation is 1. The zero-order chi connectivity index (χ0) is 16.1. The molecule has 116 valence electrons. The number of halogens is 1. The van der Waals surface area contributed by atoms with Gasteiger partial charge in [-0.05, 0) is 18.6 Å². The molecule has 0 unspecified atom stereocenters. The Labute approximate surface area is 133 Å². The molecule has 0 aliphatic heterocycles. The van der Waals surface area contributed by atoms with Crippen LogP contribution in [0, 0.1) is 0 Å². The molecule has 2 amide bonds. The molecule has 0 radical (unpaired) electrons. The topological polar surface area (TPSA) is 76.0 Å². The van der Waals surface area contributed by atoms with Crippen molar-refractivity contribution in [1.29, 1.82) is 0 Å². The van der Waals surface area contributed by atoms with Gasteiger partial charge in [-0.15, -0.1) is 0 Å². The average Bonchev–Trinajstić information content (AvgIpc) is 2.86. The summed E-state index contributed by atoms with van der Waals surface area (Å²) in [5, 5.41) is 9.81. The molecule has 6 nitrogen and oxygen atoms in total. The molecule has 2 aromatic rings. The summed E-state index contributed by atoms with van der Waals surface area (Å²) in [6, 6.07) is 6.71. The van der Waals surface area contributed by atoms with E-state index in [1.54, 1.807) is 31.3 Å². The molecule has 0 saturated carbocycles. The lowest BCUT2D eigenvalue weighted by molar-refractivity contribution is 0.0945. The molecule has 1 aromatic carbocycles. The lowest BCUT2D eigenvalue weighted by Gasteiger charge is -2.09. The van der Waals surface area contributed by atoms with Crippen LogP contribution in [-0.2, 0) is 7.05 Å². The van der Waals surface area contributed by atoms with Crippen LogP contribution in [0.5, 0.6) is 0 Å². The van der Waals surface area contributed by atoms with E-state index in [9.17, 15) is 9.59 Å². The summed E-state index contributed by atoms with van der Waals surface area (Å²) in [6.07, 6.45) is 2.26. The smallest absolute Gasteiger partial charge is 0.271 e. The van der Waals surface area contributed by atoms with Crippen LogP contribution >= 0.6 is 11.6 Å². The van der Waals surface area contributed by atoms with E-state index in [2.05, 4.69) is 15.7 Å². The summed E-state index contributed by atoms with van der Waals surface area (Å²) in [5.74, 6) is -0.667.